The largest absolute Gasteiger partial charge is 0.495 e. The van der Waals surface area contributed by atoms with Crippen LogP contribution in [0, 0.1) is 0 Å². The van der Waals surface area contributed by atoms with Crippen molar-refractivity contribution in [2.45, 2.75) is 25.0 Å². The van der Waals surface area contributed by atoms with Crippen molar-refractivity contribution in [3.05, 3.63) is 34.0 Å². The molecule has 0 atom stereocenters. The summed E-state index contributed by atoms with van der Waals surface area (Å²) in [6.45, 7) is 4.03. The molecule has 0 saturated carbocycles. The summed E-state index contributed by atoms with van der Waals surface area (Å²) >= 11 is 10.7. The lowest BCUT2D eigenvalue weighted by Crippen LogP contribution is -2.15. The minimum absolute atomic E-state index is 0.0741. The van der Waals surface area contributed by atoms with E-state index in [0.717, 1.165) is 0 Å². The predicted molar refractivity (Wildman–Crippen MR) is 120 cm³/mol. The molecule has 0 fully saturated rings. The first kappa shape index (κ1) is 22.5. The van der Waals surface area contributed by atoms with Gasteiger partial charge in [0.25, 0.3) is 0 Å². The van der Waals surface area contributed by atoms with Crippen LogP contribution in [0.2, 0.25) is 5.02 Å². The van der Waals surface area contributed by atoms with Gasteiger partial charge in [-0.25, -0.2) is 0 Å². The van der Waals surface area contributed by atoms with Crippen molar-refractivity contribution >= 4 is 50.9 Å². The Labute approximate surface area is 191 Å². The van der Waals surface area contributed by atoms with Crippen molar-refractivity contribution in [1.82, 2.24) is 14.8 Å². The van der Waals surface area contributed by atoms with Crippen molar-refractivity contribution in [3.8, 4) is 23.1 Å². The van der Waals surface area contributed by atoms with E-state index in [9.17, 15) is 4.79 Å². The van der Waals surface area contributed by atoms with Gasteiger partial charge in [0.2, 0.25) is 11.7 Å². The first-order valence-electron chi connectivity index (χ1n) is 8.88. The molecule has 2 heterocycles. The number of amides is 1. The number of benzene rings is 1. The Balaban J connectivity index is 1.75. The SMILES string of the molecule is COc1cc(NC(=O)CSc2nnc(-c3ccc(Br)o3)n2C(C)C)c(OC)cc1Cl. The van der Waals surface area contributed by atoms with Crippen LogP contribution in [0.15, 0.2) is 38.5 Å². The lowest BCUT2D eigenvalue weighted by Gasteiger charge is -2.14. The first-order chi connectivity index (χ1) is 14.3. The number of aromatic nitrogens is 3. The molecule has 1 N–H and O–H groups in total. The highest BCUT2D eigenvalue weighted by Crippen LogP contribution is 2.36. The molecule has 0 aliphatic heterocycles. The summed E-state index contributed by atoms with van der Waals surface area (Å²) < 4.78 is 18.6. The molecule has 3 aromatic rings. The summed E-state index contributed by atoms with van der Waals surface area (Å²) in [5.74, 6) is 1.97. The van der Waals surface area contributed by atoms with Gasteiger partial charge in [-0.1, -0.05) is 23.4 Å². The zero-order chi connectivity index (χ0) is 21.8. The van der Waals surface area contributed by atoms with Crippen LogP contribution in [-0.4, -0.2) is 40.6 Å². The third kappa shape index (κ3) is 4.93. The summed E-state index contributed by atoms with van der Waals surface area (Å²) in [5, 5.41) is 12.3. The van der Waals surface area contributed by atoms with E-state index < -0.39 is 0 Å². The van der Waals surface area contributed by atoms with E-state index in [2.05, 4.69) is 31.4 Å². The van der Waals surface area contributed by atoms with Gasteiger partial charge in [0.05, 0.1) is 30.7 Å². The molecule has 2 aromatic heterocycles. The Hall–Kier alpha value is -2.17. The summed E-state index contributed by atoms with van der Waals surface area (Å²) in [4.78, 5) is 12.6. The number of thioether (sulfide) groups is 1. The summed E-state index contributed by atoms with van der Waals surface area (Å²) in [7, 11) is 3.01. The van der Waals surface area contributed by atoms with E-state index in [-0.39, 0.29) is 17.7 Å². The molecule has 0 bridgehead atoms. The molecule has 0 radical (unpaired) electrons. The summed E-state index contributed by atoms with van der Waals surface area (Å²) in [6.07, 6.45) is 0. The Kier molecular flexibility index (Phi) is 7.32. The number of rotatable bonds is 8. The molecule has 160 valence electrons. The average molecular weight is 516 g/mol. The Morgan fingerprint density at radius 3 is 2.60 bits per heavy atom. The van der Waals surface area contributed by atoms with Crippen LogP contribution in [0.1, 0.15) is 19.9 Å². The molecule has 1 aromatic carbocycles. The second kappa shape index (κ2) is 9.76. The van der Waals surface area contributed by atoms with E-state index in [1.807, 2.05) is 24.5 Å². The molecular formula is C19H20BrClN4O4S. The van der Waals surface area contributed by atoms with Crippen molar-refractivity contribution in [3.63, 3.8) is 0 Å². The predicted octanol–water partition coefficient (Wildman–Crippen LogP) is 5.28. The number of carbonyl (C=O) groups is 1. The molecule has 0 saturated heterocycles. The van der Waals surface area contributed by atoms with Gasteiger partial charge in [-0.3, -0.25) is 9.36 Å². The zero-order valence-electron chi connectivity index (χ0n) is 16.7. The quantitative estimate of drug-likeness (QED) is 0.408. The molecule has 11 heteroatoms. The number of furan rings is 1. The van der Waals surface area contributed by atoms with Crippen molar-refractivity contribution < 1.29 is 18.7 Å². The monoisotopic (exact) mass is 514 g/mol. The van der Waals surface area contributed by atoms with Gasteiger partial charge in [0.15, 0.2) is 15.6 Å². The summed E-state index contributed by atoms with van der Waals surface area (Å²) in [6, 6.07) is 6.89. The molecule has 0 spiro atoms. The lowest BCUT2D eigenvalue weighted by atomic mass is 10.2. The molecule has 30 heavy (non-hydrogen) atoms. The maximum Gasteiger partial charge on any atom is 0.234 e. The standard InChI is InChI=1S/C19H20BrClN4O4S/c1-10(2)25-18(13-5-6-16(20)29-13)23-24-19(25)30-9-17(26)22-12-8-14(27-3)11(21)7-15(12)28-4/h5-8,10H,9H2,1-4H3,(H,22,26). The van der Waals surface area contributed by atoms with Crippen LogP contribution in [0.25, 0.3) is 11.6 Å². The van der Waals surface area contributed by atoms with Crippen LogP contribution in [-0.2, 0) is 4.79 Å². The van der Waals surface area contributed by atoms with Gasteiger partial charge in [0, 0.05) is 18.2 Å². The molecule has 3 rings (SSSR count). The van der Waals surface area contributed by atoms with E-state index >= 15 is 0 Å². The number of hydrogen-bond acceptors (Lipinski definition) is 7. The van der Waals surface area contributed by atoms with Crippen LogP contribution >= 0.6 is 39.3 Å². The Morgan fingerprint density at radius 2 is 2.00 bits per heavy atom. The van der Waals surface area contributed by atoms with E-state index in [0.29, 0.717) is 43.6 Å². The fourth-order valence-corrected chi connectivity index (χ4v) is 4.12. The number of carbonyl (C=O) groups excluding carboxylic acids is 1. The van der Waals surface area contributed by atoms with Gasteiger partial charge in [-0.2, -0.15) is 0 Å². The number of nitrogens with zero attached hydrogens (tertiary/aromatic N) is 3. The molecule has 8 nitrogen and oxygen atoms in total. The highest BCUT2D eigenvalue weighted by molar-refractivity contribution is 9.10. The van der Waals surface area contributed by atoms with E-state index in [4.69, 9.17) is 25.5 Å². The van der Waals surface area contributed by atoms with E-state index in [1.54, 1.807) is 18.2 Å². The Bertz CT molecular complexity index is 1050. The minimum atomic E-state index is -0.233. The average Bonchev–Trinajstić information content (AvgIpc) is 3.33. The number of halogens is 2. The number of nitrogens with one attached hydrogen (secondary N) is 1. The van der Waals surface area contributed by atoms with Crippen LogP contribution in [0.4, 0.5) is 5.69 Å². The van der Waals surface area contributed by atoms with Crippen molar-refractivity contribution in [2.24, 2.45) is 0 Å². The molecular weight excluding hydrogens is 496 g/mol. The fraction of sp³-hybridized carbons (Fsp3) is 0.316. The van der Waals surface area contributed by atoms with Crippen molar-refractivity contribution in [2.75, 3.05) is 25.3 Å². The normalized spacial score (nSPS) is 11.0. The third-order valence-corrected chi connectivity index (χ3v) is 5.72. The zero-order valence-corrected chi connectivity index (χ0v) is 19.9. The Morgan fingerprint density at radius 1 is 1.27 bits per heavy atom. The van der Waals surface area contributed by atoms with Crippen LogP contribution in [0.3, 0.4) is 0 Å². The first-order valence-corrected chi connectivity index (χ1v) is 11.0. The molecule has 1 amide bonds. The third-order valence-electron chi connectivity index (χ3n) is 4.05. The maximum absolute atomic E-state index is 12.6. The van der Waals surface area contributed by atoms with Crippen molar-refractivity contribution in [1.29, 1.82) is 0 Å². The number of methoxy groups -OCH3 is 2. The fourth-order valence-electron chi connectivity index (χ4n) is 2.72. The second-order valence-corrected chi connectivity index (χ2v) is 8.53. The number of ether oxygens (including phenoxy) is 2. The van der Waals surface area contributed by atoms with Gasteiger partial charge in [0.1, 0.15) is 11.5 Å². The highest BCUT2D eigenvalue weighted by atomic mass is 79.9. The number of anilines is 1. The molecule has 0 aliphatic carbocycles. The van der Waals surface area contributed by atoms with Gasteiger partial charge >= 0.3 is 0 Å². The summed E-state index contributed by atoms with van der Waals surface area (Å²) in [5.41, 5.74) is 0.468. The van der Waals surface area contributed by atoms with Gasteiger partial charge < -0.3 is 19.2 Å². The number of hydrogen-bond donors (Lipinski definition) is 1. The van der Waals surface area contributed by atoms with Gasteiger partial charge in [-0.15, -0.1) is 10.2 Å². The topological polar surface area (TPSA) is 91.4 Å². The lowest BCUT2D eigenvalue weighted by molar-refractivity contribution is -0.113. The van der Waals surface area contributed by atoms with Crippen LogP contribution in [0.5, 0.6) is 11.5 Å². The second-order valence-electron chi connectivity index (χ2n) is 6.40. The van der Waals surface area contributed by atoms with Gasteiger partial charge in [-0.05, 0) is 41.9 Å². The van der Waals surface area contributed by atoms with Crippen LogP contribution < -0.4 is 14.8 Å². The maximum atomic E-state index is 12.6. The molecule has 0 aliphatic rings. The van der Waals surface area contributed by atoms with E-state index in [1.165, 1.54) is 26.0 Å². The highest BCUT2D eigenvalue weighted by Gasteiger charge is 2.20. The smallest absolute Gasteiger partial charge is 0.234 e. The molecule has 0 unspecified atom stereocenters. The minimum Gasteiger partial charge on any atom is -0.495 e.